The van der Waals surface area contributed by atoms with E-state index in [4.69, 9.17) is 5.73 Å². The molecule has 2 aromatic rings. The second-order valence-corrected chi connectivity index (χ2v) is 4.06. The lowest BCUT2D eigenvalue weighted by Crippen LogP contribution is -2.10. The first kappa shape index (κ1) is 13.1. The molecule has 0 aliphatic rings. The van der Waals surface area contributed by atoms with E-state index in [0.717, 1.165) is 13.0 Å². The normalized spacial score (nSPS) is 10.6. The van der Waals surface area contributed by atoms with E-state index in [2.05, 4.69) is 20.0 Å². The van der Waals surface area contributed by atoms with Crippen LogP contribution in [0.1, 0.15) is 22.7 Å². The first-order valence-corrected chi connectivity index (χ1v) is 5.88. The molecule has 2 aromatic heterocycles. The summed E-state index contributed by atoms with van der Waals surface area (Å²) in [6, 6.07) is 0. The zero-order valence-corrected chi connectivity index (χ0v) is 10.9. The molecule has 0 aliphatic heterocycles. The number of esters is 1. The topological polar surface area (TPSA) is 101 Å². The van der Waals surface area contributed by atoms with Crippen LogP contribution in [0.5, 0.6) is 0 Å². The summed E-state index contributed by atoms with van der Waals surface area (Å²) in [4.78, 5) is 15.6. The van der Waals surface area contributed by atoms with Crippen molar-refractivity contribution in [3.63, 3.8) is 0 Å². The van der Waals surface area contributed by atoms with E-state index >= 15 is 0 Å². The molecule has 0 saturated carbocycles. The van der Waals surface area contributed by atoms with E-state index in [9.17, 15) is 4.79 Å². The molecule has 2 N–H and O–H groups in total. The number of carbonyl (C=O) groups is 1. The number of imidazole rings is 1. The van der Waals surface area contributed by atoms with Crippen molar-refractivity contribution < 1.29 is 9.53 Å². The van der Waals surface area contributed by atoms with E-state index in [1.807, 2.05) is 0 Å². The monoisotopic (exact) mass is 264 g/mol. The maximum Gasteiger partial charge on any atom is 0.360 e. The number of methoxy groups -OCH3 is 1. The Hall–Kier alpha value is -2.38. The number of hydrogen-bond donors (Lipinski definition) is 1. The third-order valence-electron chi connectivity index (χ3n) is 2.82. The van der Waals surface area contributed by atoms with Gasteiger partial charge in [-0.05, 0) is 13.3 Å². The van der Waals surface area contributed by atoms with Crippen LogP contribution in [0.15, 0.2) is 12.4 Å². The second-order valence-electron chi connectivity index (χ2n) is 4.06. The highest BCUT2D eigenvalue weighted by Crippen LogP contribution is 2.15. The number of carbonyl (C=O) groups excluding carboxylic acids is 1. The Morgan fingerprint density at radius 2 is 2.26 bits per heavy atom. The first-order chi connectivity index (χ1) is 9.13. The van der Waals surface area contributed by atoms with Crippen molar-refractivity contribution in [3.8, 4) is 0 Å². The minimum absolute atomic E-state index is 0.167. The SMILES string of the molecule is COC(=O)c1nc(C)n(CCCn2ccnn2)c1N. The third-order valence-corrected chi connectivity index (χ3v) is 2.82. The highest BCUT2D eigenvalue weighted by molar-refractivity contribution is 5.92. The number of nitrogens with zero attached hydrogens (tertiary/aromatic N) is 5. The van der Waals surface area contributed by atoms with Crippen molar-refractivity contribution in [2.75, 3.05) is 12.8 Å². The number of aromatic nitrogens is 5. The average Bonchev–Trinajstić information content (AvgIpc) is 3.00. The summed E-state index contributed by atoms with van der Waals surface area (Å²) in [6.45, 7) is 3.18. The summed E-state index contributed by atoms with van der Waals surface area (Å²) >= 11 is 0. The van der Waals surface area contributed by atoms with Gasteiger partial charge in [0.05, 0.1) is 13.3 Å². The zero-order valence-electron chi connectivity index (χ0n) is 10.9. The fraction of sp³-hybridized carbons (Fsp3) is 0.455. The number of ether oxygens (including phenoxy) is 1. The lowest BCUT2D eigenvalue weighted by atomic mass is 10.4. The largest absolute Gasteiger partial charge is 0.464 e. The molecule has 2 rings (SSSR count). The molecule has 8 heteroatoms. The maximum absolute atomic E-state index is 11.5. The number of nitrogen functional groups attached to an aromatic ring is 1. The lowest BCUT2D eigenvalue weighted by Gasteiger charge is -2.07. The molecule has 8 nitrogen and oxygen atoms in total. The molecule has 102 valence electrons. The molecule has 2 heterocycles. The van der Waals surface area contributed by atoms with Gasteiger partial charge in [-0.1, -0.05) is 5.21 Å². The molecule has 0 unspecified atom stereocenters. The van der Waals surface area contributed by atoms with Crippen LogP contribution in [0.3, 0.4) is 0 Å². The molecular weight excluding hydrogens is 248 g/mol. The molecule has 0 atom stereocenters. The van der Waals surface area contributed by atoms with Gasteiger partial charge in [0.2, 0.25) is 0 Å². The van der Waals surface area contributed by atoms with Gasteiger partial charge in [-0.15, -0.1) is 5.10 Å². The minimum Gasteiger partial charge on any atom is -0.464 e. The smallest absolute Gasteiger partial charge is 0.360 e. The van der Waals surface area contributed by atoms with Gasteiger partial charge in [-0.3, -0.25) is 4.68 Å². The van der Waals surface area contributed by atoms with Gasteiger partial charge in [0, 0.05) is 19.3 Å². The highest BCUT2D eigenvalue weighted by atomic mass is 16.5. The van der Waals surface area contributed by atoms with Crippen molar-refractivity contribution in [1.82, 2.24) is 24.5 Å². The van der Waals surface area contributed by atoms with Crippen molar-refractivity contribution in [2.24, 2.45) is 0 Å². The molecule has 0 fully saturated rings. The van der Waals surface area contributed by atoms with Crippen molar-refractivity contribution in [2.45, 2.75) is 26.4 Å². The molecule has 0 amide bonds. The molecule has 0 spiro atoms. The fourth-order valence-electron chi connectivity index (χ4n) is 1.85. The summed E-state index contributed by atoms with van der Waals surface area (Å²) in [5.74, 6) is 0.509. The van der Waals surface area contributed by atoms with Gasteiger partial charge in [-0.2, -0.15) is 0 Å². The van der Waals surface area contributed by atoms with E-state index < -0.39 is 5.97 Å². The van der Waals surface area contributed by atoms with Crippen LogP contribution < -0.4 is 5.73 Å². The van der Waals surface area contributed by atoms with Crippen LogP contribution in [0.2, 0.25) is 0 Å². The molecule has 0 aromatic carbocycles. The van der Waals surface area contributed by atoms with E-state index in [0.29, 0.717) is 18.2 Å². The summed E-state index contributed by atoms with van der Waals surface area (Å²) in [5.41, 5.74) is 6.07. The standard InChI is InChI=1S/C11H16N6O2/c1-8-14-9(11(18)19-2)10(12)17(8)6-3-5-16-7-4-13-15-16/h4,7H,3,5-6,12H2,1-2H3. The summed E-state index contributed by atoms with van der Waals surface area (Å²) in [6.07, 6.45) is 4.24. The number of aryl methyl sites for hydroxylation is 2. The van der Waals surface area contributed by atoms with E-state index in [1.54, 1.807) is 28.6 Å². The first-order valence-electron chi connectivity index (χ1n) is 5.88. The number of anilines is 1. The second kappa shape index (κ2) is 5.51. The molecule has 0 saturated heterocycles. The Morgan fingerprint density at radius 1 is 1.47 bits per heavy atom. The molecule has 0 bridgehead atoms. The number of rotatable bonds is 5. The number of nitrogens with two attached hydrogens (primary N) is 1. The Bertz CT molecular complexity index is 560. The predicted molar refractivity (Wildman–Crippen MR) is 67.4 cm³/mol. The van der Waals surface area contributed by atoms with Crippen molar-refractivity contribution >= 4 is 11.8 Å². The quantitative estimate of drug-likeness (QED) is 0.776. The van der Waals surface area contributed by atoms with Gasteiger partial charge < -0.3 is 15.0 Å². The maximum atomic E-state index is 11.5. The lowest BCUT2D eigenvalue weighted by molar-refractivity contribution is 0.0595. The third kappa shape index (κ3) is 2.72. The summed E-state index contributed by atoms with van der Waals surface area (Å²) in [7, 11) is 1.31. The fourth-order valence-corrected chi connectivity index (χ4v) is 1.85. The van der Waals surface area contributed by atoms with Crippen LogP contribution in [-0.4, -0.2) is 37.6 Å². The Labute approximate surface area is 110 Å². The van der Waals surface area contributed by atoms with Crippen LogP contribution in [0.4, 0.5) is 5.82 Å². The van der Waals surface area contributed by atoms with Crippen molar-refractivity contribution in [3.05, 3.63) is 23.9 Å². The predicted octanol–water partition coefficient (Wildman–Crippen LogP) is 0.242. The number of hydrogen-bond acceptors (Lipinski definition) is 6. The minimum atomic E-state index is -0.518. The summed E-state index contributed by atoms with van der Waals surface area (Å²) < 4.78 is 8.17. The molecule has 0 radical (unpaired) electrons. The van der Waals surface area contributed by atoms with Crippen LogP contribution in [-0.2, 0) is 17.8 Å². The Kier molecular flexibility index (Phi) is 3.79. The molecule has 0 aliphatic carbocycles. The van der Waals surface area contributed by atoms with Gasteiger partial charge >= 0.3 is 5.97 Å². The van der Waals surface area contributed by atoms with Crippen LogP contribution >= 0.6 is 0 Å². The van der Waals surface area contributed by atoms with Gasteiger partial charge in [0.1, 0.15) is 11.6 Å². The van der Waals surface area contributed by atoms with Crippen molar-refractivity contribution in [1.29, 1.82) is 0 Å². The van der Waals surface area contributed by atoms with Gasteiger partial charge in [0.25, 0.3) is 0 Å². The van der Waals surface area contributed by atoms with Gasteiger partial charge in [-0.25, -0.2) is 9.78 Å². The van der Waals surface area contributed by atoms with E-state index in [-0.39, 0.29) is 5.69 Å². The molecule has 19 heavy (non-hydrogen) atoms. The Balaban J connectivity index is 2.04. The van der Waals surface area contributed by atoms with Crippen LogP contribution in [0.25, 0.3) is 0 Å². The highest BCUT2D eigenvalue weighted by Gasteiger charge is 2.18. The van der Waals surface area contributed by atoms with Crippen LogP contribution in [0, 0.1) is 6.92 Å². The average molecular weight is 264 g/mol. The van der Waals surface area contributed by atoms with E-state index in [1.165, 1.54) is 7.11 Å². The Morgan fingerprint density at radius 3 is 2.89 bits per heavy atom. The zero-order chi connectivity index (χ0) is 13.8. The molecular formula is C11H16N6O2. The summed E-state index contributed by atoms with van der Waals surface area (Å²) in [5, 5.41) is 7.60. The van der Waals surface area contributed by atoms with Gasteiger partial charge in [0.15, 0.2) is 5.69 Å².